The van der Waals surface area contributed by atoms with Gasteiger partial charge in [0.15, 0.2) is 11.5 Å². The van der Waals surface area contributed by atoms with E-state index in [1.165, 1.54) is 0 Å². The number of likely N-dealkylation sites (N-methyl/N-ethyl adjacent to an activating group) is 1. The highest BCUT2D eigenvalue weighted by atomic mass is 35.5. The van der Waals surface area contributed by atoms with Crippen LogP contribution in [0.4, 0.5) is 0 Å². The minimum absolute atomic E-state index is 0.0553. The Morgan fingerprint density at radius 1 is 1.33 bits per heavy atom. The first-order valence-electron chi connectivity index (χ1n) is 7.75. The van der Waals surface area contributed by atoms with E-state index in [0.29, 0.717) is 16.5 Å². The van der Waals surface area contributed by atoms with Crippen molar-refractivity contribution >= 4 is 23.2 Å². The number of fused-ring (bicyclic) bond motifs is 1. The smallest absolute Gasteiger partial charge is 0.224 e. The van der Waals surface area contributed by atoms with Crippen LogP contribution in [0.1, 0.15) is 32.0 Å². The summed E-state index contributed by atoms with van der Waals surface area (Å²) in [5, 5.41) is 10.9. The normalized spacial score (nSPS) is 11.9. The molecule has 2 N–H and O–H groups in total. The molecule has 0 saturated heterocycles. The Bertz CT molecular complexity index is 903. The fourth-order valence-corrected chi connectivity index (χ4v) is 3.01. The van der Waals surface area contributed by atoms with E-state index in [2.05, 4.69) is 41.3 Å². The van der Waals surface area contributed by atoms with Crippen molar-refractivity contribution in [1.29, 1.82) is 0 Å². The van der Waals surface area contributed by atoms with Gasteiger partial charge in [-0.15, -0.1) is 5.10 Å². The molecule has 3 rings (SSSR count). The number of hydrogen-bond donors (Lipinski definition) is 2. The Morgan fingerprint density at radius 2 is 2.04 bits per heavy atom. The van der Waals surface area contributed by atoms with Crippen LogP contribution in [-0.2, 0) is 16.6 Å². The van der Waals surface area contributed by atoms with Crippen LogP contribution in [-0.4, -0.2) is 32.8 Å². The van der Waals surface area contributed by atoms with E-state index in [1.807, 2.05) is 24.3 Å². The summed E-state index contributed by atoms with van der Waals surface area (Å²) in [6.07, 6.45) is 0.279. The van der Waals surface area contributed by atoms with Gasteiger partial charge in [-0.1, -0.05) is 56.6 Å². The van der Waals surface area contributed by atoms with Crippen molar-refractivity contribution in [2.75, 3.05) is 7.05 Å². The van der Waals surface area contributed by atoms with E-state index in [-0.39, 0.29) is 17.7 Å². The molecule has 2 aromatic heterocycles. The Balaban J connectivity index is 2.07. The molecule has 24 heavy (non-hydrogen) atoms. The minimum atomic E-state index is -0.128. The Morgan fingerprint density at radius 3 is 2.67 bits per heavy atom. The lowest BCUT2D eigenvalue weighted by atomic mass is 9.92. The molecular weight excluding hydrogens is 326 g/mol. The molecule has 2 heterocycles. The summed E-state index contributed by atoms with van der Waals surface area (Å²) in [5.41, 5.74) is 3.05. The third-order valence-electron chi connectivity index (χ3n) is 3.88. The van der Waals surface area contributed by atoms with Gasteiger partial charge < -0.3 is 5.32 Å². The van der Waals surface area contributed by atoms with Crippen LogP contribution < -0.4 is 5.32 Å². The Labute approximate surface area is 145 Å². The van der Waals surface area contributed by atoms with Gasteiger partial charge in [-0.2, -0.15) is 4.63 Å². The average Bonchev–Trinajstić information content (AvgIpc) is 3.07. The SMILES string of the molecule is CNC(=O)Cc1ccccc1-c1nc2c(Cl)c(C(C)(C)C)[nH]n2n1. The summed E-state index contributed by atoms with van der Waals surface area (Å²) in [4.78, 5) is 16.3. The first-order valence-corrected chi connectivity index (χ1v) is 8.12. The topological polar surface area (TPSA) is 75.1 Å². The van der Waals surface area contributed by atoms with E-state index in [0.717, 1.165) is 16.8 Å². The number of carbonyl (C=O) groups is 1. The number of hydrogen-bond acceptors (Lipinski definition) is 3. The highest BCUT2D eigenvalue weighted by molar-refractivity contribution is 6.34. The number of halogens is 1. The molecule has 0 bridgehead atoms. The van der Waals surface area contributed by atoms with E-state index in [4.69, 9.17) is 11.6 Å². The zero-order chi connectivity index (χ0) is 17.5. The number of benzene rings is 1. The third-order valence-corrected chi connectivity index (χ3v) is 4.24. The third kappa shape index (κ3) is 2.89. The van der Waals surface area contributed by atoms with E-state index in [1.54, 1.807) is 11.7 Å². The van der Waals surface area contributed by atoms with Gasteiger partial charge in [-0.3, -0.25) is 9.89 Å². The Kier molecular flexibility index (Phi) is 4.09. The molecule has 0 atom stereocenters. The number of aromatic amines is 1. The molecule has 7 heteroatoms. The molecule has 0 aliphatic carbocycles. The van der Waals surface area contributed by atoms with E-state index in [9.17, 15) is 4.79 Å². The van der Waals surface area contributed by atoms with Gasteiger partial charge in [0.1, 0.15) is 5.02 Å². The summed E-state index contributed by atoms with van der Waals surface area (Å²) in [6, 6.07) is 7.61. The first kappa shape index (κ1) is 16.5. The van der Waals surface area contributed by atoms with Crippen LogP contribution in [0.2, 0.25) is 5.02 Å². The fourth-order valence-electron chi connectivity index (χ4n) is 2.56. The second-order valence-corrected chi connectivity index (χ2v) is 7.11. The van der Waals surface area contributed by atoms with Crippen molar-refractivity contribution in [3.05, 3.63) is 40.5 Å². The summed E-state index contributed by atoms with van der Waals surface area (Å²) in [5.74, 6) is 0.489. The molecule has 0 fully saturated rings. The summed E-state index contributed by atoms with van der Waals surface area (Å²) in [7, 11) is 1.62. The molecule has 126 valence electrons. The van der Waals surface area contributed by atoms with Crippen LogP contribution in [0.3, 0.4) is 0 Å². The van der Waals surface area contributed by atoms with Crippen LogP contribution in [0.15, 0.2) is 24.3 Å². The molecule has 0 aliphatic heterocycles. The van der Waals surface area contributed by atoms with Crippen LogP contribution in [0, 0.1) is 0 Å². The molecule has 1 amide bonds. The zero-order valence-corrected chi connectivity index (χ0v) is 14.9. The summed E-state index contributed by atoms with van der Waals surface area (Å²) in [6.45, 7) is 6.22. The van der Waals surface area contributed by atoms with Gasteiger partial charge in [0.05, 0.1) is 12.1 Å². The molecule has 0 aliphatic rings. The van der Waals surface area contributed by atoms with Gasteiger partial charge >= 0.3 is 0 Å². The molecule has 0 saturated carbocycles. The second kappa shape index (κ2) is 5.94. The average molecular weight is 346 g/mol. The van der Waals surface area contributed by atoms with Crippen molar-refractivity contribution in [2.24, 2.45) is 0 Å². The van der Waals surface area contributed by atoms with Gasteiger partial charge in [-0.05, 0) is 5.56 Å². The quantitative estimate of drug-likeness (QED) is 0.766. The number of rotatable bonds is 3. The second-order valence-electron chi connectivity index (χ2n) is 6.73. The van der Waals surface area contributed by atoms with E-state index >= 15 is 0 Å². The number of aromatic nitrogens is 4. The van der Waals surface area contributed by atoms with Crippen molar-refractivity contribution in [2.45, 2.75) is 32.6 Å². The molecule has 6 nitrogen and oxygen atoms in total. The van der Waals surface area contributed by atoms with Gasteiger partial charge in [0.2, 0.25) is 5.91 Å². The van der Waals surface area contributed by atoms with Crippen LogP contribution in [0.25, 0.3) is 17.0 Å². The minimum Gasteiger partial charge on any atom is -0.359 e. The lowest BCUT2D eigenvalue weighted by molar-refractivity contribution is -0.119. The van der Waals surface area contributed by atoms with E-state index < -0.39 is 0 Å². The van der Waals surface area contributed by atoms with Crippen LogP contribution >= 0.6 is 11.6 Å². The fraction of sp³-hybridized carbons (Fsp3) is 0.353. The van der Waals surface area contributed by atoms with Crippen LogP contribution in [0.5, 0.6) is 0 Å². The maximum atomic E-state index is 11.7. The van der Waals surface area contributed by atoms with Gasteiger partial charge in [0.25, 0.3) is 0 Å². The molecule has 0 unspecified atom stereocenters. The number of nitrogens with zero attached hydrogens (tertiary/aromatic N) is 3. The van der Waals surface area contributed by atoms with Gasteiger partial charge in [0, 0.05) is 18.0 Å². The highest BCUT2D eigenvalue weighted by Crippen LogP contribution is 2.32. The molecule has 1 aromatic carbocycles. The number of amides is 1. The Hall–Kier alpha value is -2.34. The van der Waals surface area contributed by atoms with Gasteiger partial charge in [-0.25, -0.2) is 4.98 Å². The molecule has 0 spiro atoms. The highest BCUT2D eigenvalue weighted by Gasteiger charge is 2.24. The maximum absolute atomic E-state index is 11.7. The number of carbonyl (C=O) groups excluding carboxylic acids is 1. The predicted octanol–water partition coefficient (Wildman–Crippen LogP) is 2.96. The predicted molar refractivity (Wildman–Crippen MR) is 94.3 cm³/mol. The standard InChI is InChI=1S/C17H20ClN5O/c1-17(2,3)14-13(18)16-20-15(22-23(16)21-14)11-8-6-5-7-10(11)9-12(24)19-4/h5-8,21H,9H2,1-4H3,(H,19,24). The molecule has 0 radical (unpaired) electrons. The zero-order valence-electron chi connectivity index (χ0n) is 14.1. The number of nitrogens with one attached hydrogen (secondary N) is 2. The molecule has 3 aromatic rings. The lowest BCUT2D eigenvalue weighted by Gasteiger charge is -2.16. The van der Waals surface area contributed by atoms with Crippen molar-refractivity contribution in [3.8, 4) is 11.4 Å². The van der Waals surface area contributed by atoms with Crippen molar-refractivity contribution in [1.82, 2.24) is 25.1 Å². The molecular formula is C17H20ClN5O. The first-order chi connectivity index (χ1) is 11.3. The monoisotopic (exact) mass is 345 g/mol. The maximum Gasteiger partial charge on any atom is 0.224 e. The summed E-state index contributed by atoms with van der Waals surface area (Å²) < 4.78 is 1.59. The van der Waals surface area contributed by atoms with Crippen molar-refractivity contribution < 1.29 is 4.79 Å². The largest absolute Gasteiger partial charge is 0.359 e. The lowest BCUT2D eigenvalue weighted by Crippen LogP contribution is -2.20. The number of H-pyrrole nitrogens is 1. The van der Waals surface area contributed by atoms with Crippen molar-refractivity contribution in [3.63, 3.8) is 0 Å². The summed E-state index contributed by atoms with van der Waals surface area (Å²) >= 11 is 6.47.